The molecule has 0 aromatic carbocycles. The number of rotatable bonds is 4. The van der Waals surface area contributed by atoms with Crippen LogP contribution in [0.25, 0.3) is 0 Å². The third-order valence-corrected chi connectivity index (χ3v) is 2.69. The molecule has 1 saturated carbocycles. The van der Waals surface area contributed by atoms with E-state index in [1.165, 1.54) is 0 Å². The molecule has 0 spiro atoms. The first-order valence-corrected chi connectivity index (χ1v) is 5.12. The van der Waals surface area contributed by atoms with Crippen molar-refractivity contribution in [3.8, 4) is 0 Å². The Balaban J connectivity index is 0.00000169. The van der Waals surface area contributed by atoms with Gasteiger partial charge in [0, 0.05) is 13.0 Å². The smallest absolute Gasteiger partial charge is 0.217 e. The Morgan fingerprint density at radius 1 is 1.36 bits per heavy atom. The van der Waals surface area contributed by atoms with Crippen LogP contribution in [0.1, 0.15) is 39.0 Å². The minimum Gasteiger partial charge on any atom is -0.379 e. The highest BCUT2D eigenvalue weighted by atomic mass is 35.5. The minimum absolute atomic E-state index is 0. The zero-order chi connectivity index (χ0) is 9.68. The fourth-order valence-electron chi connectivity index (χ4n) is 2.02. The average molecular weight is 222 g/mol. The lowest BCUT2D eigenvalue weighted by Crippen LogP contribution is -2.25. The number of ether oxygens (including phenoxy) is 1. The number of halogens is 1. The Hall–Kier alpha value is -0.280. The van der Waals surface area contributed by atoms with Gasteiger partial charge in [-0.25, -0.2) is 0 Å². The standard InChI is InChI=1S/C10H19NO2.ClH/c1-2-13-9-5-3-8(4-6-9)7-10(11)12;/h8-9H,2-7H2,1H3,(H2,11,12);1H. The maximum Gasteiger partial charge on any atom is 0.217 e. The highest BCUT2D eigenvalue weighted by Gasteiger charge is 2.22. The van der Waals surface area contributed by atoms with Crippen molar-refractivity contribution >= 4 is 18.3 Å². The van der Waals surface area contributed by atoms with E-state index in [1.54, 1.807) is 0 Å². The van der Waals surface area contributed by atoms with Crippen LogP contribution < -0.4 is 5.73 Å². The van der Waals surface area contributed by atoms with E-state index in [2.05, 4.69) is 0 Å². The summed E-state index contributed by atoms with van der Waals surface area (Å²) in [6.07, 6.45) is 5.34. The van der Waals surface area contributed by atoms with Crippen LogP contribution in [0.3, 0.4) is 0 Å². The van der Waals surface area contributed by atoms with Gasteiger partial charge in [-0.05, 0) is 38.5 Å². The van der Waals surface area contributed by atoms with Crippen molar-refractivity contribution in [2.75, 3.05) is 6.61 Å². The van der Waals surface area contributed by atoms with Crippen LogP contribution in [0.2, 0.25) is 0 Å². The second-order valence-electron chi connectivity index (χ2n) is 3.77. The lowest BCUT2D eigenvalue weighted by atomic mass is 9.85. The van der Waals surface area contributed by atoms with Gasteiger partial charge in [-0.3, -0.25) is 4.79 Å². The second kappa shape index (κ2) is 7.07. The maximum atomic E-state index is 10.7. The van der Waals surface area contributed by atoms with E-state index in [1.807, 2.05) is 6.92 Å². The summed E-state index contributed by atoms with van der Waals surface area (Å²) in [6.45, 7) is 2.82. The third-order valence-electron chi connectivity index (χ3n) is 2.69. The Labute approximate surface area is 91.8 Å². The van der Waals surface area contributed by atoms with Gasteiger partial charge in [0.1, 0.15) is 0 Å². The molecule has 2 N–H and O–H groups in total. The van der Waals surface area contributed by atoms with Gasteiger partial charge >= 0.3 is 0 Å². The highest BCUT2D eigenvalue weighted by molar-refractivity contribution is 5.85. The first-order valence-electron chi connectivity index (χ1n) is 5.12. The van der Waals surface area contributed by atoms with E-state index in [-0.39, 0.29) is 18.3 Å². The first kappa shape index (κ1) is 13.7. The zero-order valence-corrected chi connectivity index (χ0v) is 9.52. The summed E-state index contributed by atoms with van der Waals surface area (Å²) in [6, 6.07) is 0. The predicted molar refractivity (Wildman–Crippen MR) is 58.4 cm³/mol. The van der Waals surface area contributed by atoms with Crippen molar-refractivity contribution in [3.63, 3.8) is 0 Å². The van der Waals surface area contributed by atoms with Gasteiger partial charge in [0.2, 0.25) is 5.91 Å². The third kappa shape index (κ3) is 4.82. The van der Waals surface area contributed by atoms with E-state index in [0.29, 0.717) is 18.4 Å². The van der Waals surface area contributed by atoms with Gasteiger partial charge in [-0.1, -0.05) is 0 Å². The number of amides is 1. The van der Waals surface area contributed by atoms with E-state index in [4.69, 9.17) is 10.5 Å². The van der Waals surface area contributed by atoms with Gasteiger partial charge < -0.3 is 10.5 Å². The molecule has 0 saturated heterocycles. The molecule has 0 radical (unpaired) electrons. The highest BCUT2D eigenvalue weighted by Crippen LogP contribution is 2.28. The molecule has 4 heteroatoms. The zero-order valence-electron chi connectivity index (χ0n) is 8.70. The number of carbonyl (C=O) groups is 1. The van der Waals surface area contributed by atoms with Crippen molar-refractivity contribution in [1.29, 1.82) is 0 Å². The number of nitrogens with two attached hydrogens (primary N) is 1. The molecular weight excluding hydrogens is 202 g/mol. The molecule has 1 aliphatic carbocycles. The van der Waals surface area contributed by atoms with Crippen molar-refractivity contribution in [3.05, 3.63) is 0 Å². The molecule has 0 bridgehead atoms. The van der Waals surface area contributed by atoms with E-state index < -0.39 is 0 Å². The Morgan fingerprint density at radius 2 is 1.93 bits per heavy atom. The molecule has 3 nitrogen and oxygen atoms in total. The Morgan fingerprint density at radius 3 is 2.36 bits per heavy atom. The molecule has 1 fully saturated rings. The van der Waals surface area contributed by atoms with Crippen LogP contribution >= 0.6 is 12.4 Å². The molecule has 0 atom stereocenters. The fourth-order valence-corrected chi connectivity index (χ4v) is 2.02. The van der Waals surface area contributed by atoms with Crippen molar-refractivity contribution in [2.45, 2.75) is 45.1 Å². The van der Waals surface area contributed by atoms with E-state index in [9.17, 15) is 4.79 Å². The van der Waals surface area contributed by atoms with Gasteiger partial charge in [-0.15, -0.1) is 12.4 Å². The summed E-state index contributed by atoms with van der Waals surface area (Å²) in [4.78, 5) is 10.7. The summed E-state index contributed by atoms with van der Waals surface area (Å²) >= 11 is 0. The molecule has 0 aliphatic heterocycles. The predicted octanol–water partition coefficient (Wildman–Crippen LogP) is 1.88. The lowest BCUT2D eigenvalue weighted by molar-refractivity contribution is -0.119. The molecule has 1 rings (SSSR count). The monoisotopic (exact) mass is 221 g/mol. The Bertz CT molecular complexity index is 168. The summed E-state index contributed by atoms with van der Waals surface area (Å²) in [5.74, 6) is 0.342. The summed E-state index contributed by atoms with van der Waals surface area (Å²) in [5, 5.41) is 0. The van der Waals surface area contributed by atoms with E-state index >= 15 is 0 Å². The Kier molecular flexibility index (Phi) is 6.93. The van der Waals surface area contributed by atoms with Crippen molar-refractivity contribution in [2.24, 2.45) is 11.7 Å². The van der Waals surface area contributed by atoms with Crippen LogP contribution in [0.5, 0.6) is 0 Å². The number of hydrogen-bond donors (Lipinski definition) is 1. The number of primary amides is 1. The molecule has 0 heterocycles. The summed E-state index contributed by atoms with van der Waals surface area (Å²) < 4.78 is 5.52. The minimum atomic E-state index is -0.167. The van der Waals surface area contributed by atoms with Crippen LogP contribution in [0.4, 0.5) is 0 Å². The topological polar surface area (TPSA) is 52.3 Å². The average Bonchev–Trinajstić information content (AvgIpc) is 2.08. The van der Waals surface area contributed by atoms with Gasteiger partial charge in [0.05, 0.1) is 6.10 Å². The number of carbonyl (C=O) groups excluding carboxylic acids is 1. The molecule has 0 unspecified atom stereocenters. The number of hydrogen-bond acceptors (Lipinski definition) is 2. The largest absolute Gasteiger partial charge is 0.379 e. The van der Waals surface area contributed by atoms with Crippen LogP contribution in [-0.2, 0) is 9.53 Å². The quantitative estimate of drug-likeness (QED) is 0.788. The molecule has 1 amide bonds. The van der Waals surface area contributed by atoms with Crippen LogP contribution in [0, 0.1) is 5.92 Å². The summed E-state index contributed by atoms with van der Waals surface area (Å²) in [5.41, 5.74) is 5.15. The molecule has 1 aliphatic rings. The molecule has 84 valence electrons. The molecular formula is C10H20ClNO2. The lowest BCUT2D eigenvalue weighted by Gasteiger charge is -2.27. The van der Waals surface area contributed by atoms with Gasteiger partial charge in [0.15, 0.2) is 0 Å². The second-order valence-corrected chi connectivity index (χ2v) is 3.77. The van der Waals surface area contributed by atoms with Crippen LogP contribution in [0.15, 0.2) is 0 Å². The van der Waals surface area contributed by atoms with Gasteiger partial charge in [0.25, 0.3) is 0 Å². The van der Waals surface area contributed by atoms with Crippen molar-refractivity contribution < 1.29 is 9.53 Å². The fraction of sp³-hybridized carbons (Fsp3) is 0.900. The summed E-state index contributed by atoms with van der Waals surface area (Å²) in [7, 11) is 0. The van der Waals surface area contributed by atoms with Crippen LogP contribution in [-0.4, -0.2) is 18.6 Å². The molecule has 0 aromatic heterocycles. The molecule has 0 aromatic rings. The SMILES string of the molecule is CCOC1CCC(CC(N)=O)CC1.Cl. The van der Waals surface area contributed by atoms with Crippen molar-refractivity contribution in [1.82, 2.24) is 0 Å². The molecule has 14 heavy (non-hydrogen) atoms. The van der Waals surface area contributed by atoms with E-state index in [0.717, 1.165) is 32.3 Å². The van der Waals surface area contributed by atoms with Gasteiger partial charge in [-0.2, -0.15) is 0 Å². The maximum absolute atomic E-state index is 10.7. The first-order chi connectivity index (χ1) is 6.22. The normalized spacial score (nSPS) is 26.6.